The van der Waals surface area contributed by atoms with Crippen molar-refractivity contribution < 1.29 is 19.0 Å². The third kappa shape index (κ3) is 6.83. The Morgan fingerprint density at radius 2 is 1.57 bits per heavy atom. The molecule has 6 nitrogen and oxygen atoms in total. The van der Waals surface area contributed by atoms with Crippen LogP contribution in [0, 0.1) is 0 Å². The van der Waals surface area contributed by atoms with Crippen LogP contribution in [0.2, 0.25) is 0 Å². The van der Waals surface area contributed by atoms with E-state index in [1.807, 2.05) is 54.6 Å². The lowest BCUT2D eigenvalue weighted by Crippen LogP contribution is -2.20. The molecule has 3 rings (SSSR count). The number of para-hydroxylation sites is 1. The number of hydrazine groups is 1. The van der Waals surface area contributed by atoms with Gasteiger partial charge in [0.15, 0.2) is 0 Å². The topological polar surface area (TPSA) is 68.8 Å². The number of hydrogen-bond donors (Lipinski definition) is 2. The van der Waals surface area contributed by atoms with Gasteiger partial charge in [-0.1, -0.05) is 30.3 Å². The van der Waals surface area contributed by atoms with Crippen molar-refractivity contribution in [2.75, 3.05) is 25.7 Å². The highest BCUT2D eigenvalue weighted by atomic mass is 16.5. The summed E-state index contributed by atoms with van der Waals surface area (Å²) in [5, 5.41) is 0. The first kappa shape index (κ1) is 21.2. The van der Waals surface area contributed by atoms with E-state index in [9.17, 15) is 4.79 Å². The molecule has 0 unspecified atom stereocenters. The quantitative estimate of drug-likeness (QED) is 0.279. The second-order valence-electron chi connectivity index (χ2n) is 6.56. The van der Waals surface area contributed by atoms with Gasteiger partial charge < -0.3 is 19.6 Å². The van der Waals surface area contributed by atoms with Crippen LogP contribution in [0.5, 0.6) is 11.5 Å². The molecule has 0 aliphatic heterocycles. The SMILES string of the molecule is COC(=O)c1ccc(OCCCOc2cccc(CNNc3ccccc3)c2)cc1. The molecule has 3 aromatic carbocycles. The zero-order valence-electron chi connectivity index (χ0n) is 17.0. The maximum atomic E-state index is 11.4. The average Bonchev–Trinajstić information content (AvgIpc) is 2.80. The molecule has 3 aromatic rings. The van der Waals surface area contributed by atoms with Crippen LogP contribution in [0.4, 0.5) is 5.69 Å². The Labute approximate surface area is 176 Å². The Hall–Kier alpha value is -3.51. The van der Waals surface area contributed by atoms with Gasteiger partial charge in [-0.2, -0.15) is 0 Å². The summed E-state index contributed by atoms with van der Waals surface area (Å²) in [5.74, 6) is 1.18. The van der Waals surface area contributed by atoms with Gasteiger partial charge in [0.1, 0.15) is 11.5 Å². The highest BCUT2D eigenvalue weighted by molar-refractivity contribution is 5.89. The molecule has 0 amide bonds. The lowest BCUT2D eigenvalue weighted by Gasteiger charge is -2.11. The fraction of sp³-hybridized carbons (Fsp3) is 0.208. The first-order chi connectivity index (χ1) is 14.7. The summed E-state index contributed by atoms with van der Waals surface area (Å²) in [5.41, 5.74) is 9.01. The average molecular weight is 406 g/mol. The molecule has 30 heavy (non-hydrogen) atoms. The molecule has 0 aromatic heterocycles. The van der Waals surface area contributed by atoms with E-state index in [0.29, 0.717) is 31.1 Å². The third-order valence-electron chi connectivity index (χ3n) is 4.30. The van der Waals surface area contributed by atoms with Crippen LogP contribution in [0.25, 0.3) is 0 Å². The lowest BCUT2D eigenvalue weighted by atomic mass is 10.2. The van der Waals surface area contributed by atoms with Gasteiger partial charge in [-0.3, -0.25) is 0 Å². The van der Waals surface area contributed by atoms with Crippen LogP contribution in [0.3, 0.4) is 0 Å². The van der Waals surface area contributed by atoms with Crippen LogP contribution in [-0.2, 0) is 11.3 Å². The van der Waals surface area contributed by atoms with E-state index in [-0.39, 0.29) is 5.97 Å². The zero-order chi connectivity index (χ0) is 21.0. The number of carbonyl (C=O) groups excluding carboxylic acids is 1. The number of hydrogen-bond acceptors (Lipinski definition) is 6. The Kier molecular flexibility index (Phi) is 8.12. The van der Waals surface area contributed by atoms with Crippen molar-refractivity contribution in [2.24, 2.45) is 0 Å². The molecule has 0 atom stereocenters. The minimum absolute atomic E-state index is 0.358. The Bertz CT molecular complexity index is 914. The van der Waals surface area contributed by atoms with E-state index < -0.39 is 0 Å². The highest BCUT2D eigenvalue weighted by Gasteiger charge is 2.04. The van der Waals surface area contributed by atoms with Gasteiger partial charge in [0, 0.05) is 18.7 Å². The maximum Gasteiger partial charge on any atom is 0.337 e. The van der Waals surface area contributed by atoms with Crippen LogP contribution >= 0.6 is 0 Å². The standard InChI is InChI=1S/C24H26N2O4/c1-28-24(27)20-11-13-22(14-12-20)29-15-6-16-30-23-10-5-7-19(17-23)18-25-26-21-8-3-2-4-9-21/h2-5,7-14,17,25-26H,6,15-16,18H2,1H3. The van der Waals surface area contributed by atoms with Crippen LogP contribution in [-0.4, -0.2) is 26.3 Å². The van der Waals surface area contributed by atoms with Gasteiger partial charge in [0.2, 0.25) is 0 Å². The number of carbonyl (C=O) groups is 1. The van der Waals surface area contributed by atoms with Crippen LogP contribution < -0.4 is 20.3 Å². The third-order valence-corrected chi connectivity index (χ3v) is 4.30. The smallest absolute Gasteiger partial charge is 0.337 e. The largest absolute Gasteiger partial charge is 0.493 e. The maximum absolute atomic E-state index is 11.4. The molecule has 0 aliphatic carbocycles. The minimum Gasteiger partial charge on any atom is -0.493 e. The Morgan fingerprint density at radius 3 is 2.30 bits per heavy atom. The zero-order valence-corrected chi connectivity index (χ0v) is 17.0. The van der Waals surface area contributed by atoms with Gasteiger partial charge in [-0.15, -0.1) is 0 Å². The van der Waals surface area contributed by atoms with Gasteiger partial charge in [-0.05, 0) is 54.1 Å². The summed E-state index contributed by atoms with van der Waals surface area (Å²) in [7, 11) is 1.36. The second kappa shape index (κ2) is 11.5. The number of benzene rings is 3. The molecule has 0 heterocycles. The highest BCUT2D eigenvalue weighted by Crippen LogP contribution is 2.15. The van der Waals surface area contributed by atoms with E-state index in [4.69, 9.17) is 9.47 Å². The summed E-state index contributed by atoms with van der Waals surface area (Å²) < 4.78 is 16.2. The van der Waals surface area contributed by atoms with Crippen molar-refractivity contribution in [1.82, 2.24) is 5.43 Å². The molecule has 0 saturated carbocycles. The van der Waals surface area contributed by atoms with Gasteiger partial charge in [-0.25, -0.2) is 10.2 Å². The van der Waals surface area contributed by atoms with Crippen molar-refractivity contribution in [3.8, 4) is 11.5 Å². The fourth-order valence-electron chi connectivity index (χ4n) is 2.76. The number of ether oxygens (including phenoxy) is 3. The number of rotatable bonds is 11. The molecule has 156 valence electrons. The van der Waals surface area contributed by atoms with Crippen LogP contribution in [0.15, 0.2) is 78.9 Å². The van der Waals surface area contributed by atoms with E-state index in [2.05, 4.69) is 15.6 Å². The molecule has 0 radical (unpaired) electrons. The van der Waals surface area contributed by atoms with Gasteiger partial charge in [0.05, 0.1) is 25.9 Å². The van der Waals surface area contributed by atoms with E-state index in [1.165, 1.54) is 7.11 Å². The molecule has 0 saturated heterocycles. The predicted octanol–water partition coefficient (Wildman–Crippen LogP) is 4.44. The number of esters is 1. The Morgan fingerprint density at radius 1 is 0.833 bits per heavy atom. The molecular weight excluding hydrogens is 380 g/mol. The normalized spacial score (nSPS) is 10.3. The summed E-state index contributed by atoms with van der Waals surface area (Å²) in [6, 6.07) is 24.8. The second-order valence-corrected chi connectivity index (χ2v) is 6.56. The van der Waals surface area contributed by atoms with Crippen molar-refractivity contribution in [3.05, 3.63) is 90.0 Å². The molecular formula is C24H26N2O4. The molecule has 0 spiro atoms. The molecule has 6 heteroatoms. The minimum atomic E-state index is -0.358. The van der Waals surface area contributed by atoms with Crippen molar-refractivity contribution in [2.45, 2.75) is 13.0 Å². The first-order valence-corrected chi connectivity index (χ1v) is 9.81. The van der Waals surface area contributed by atoms with Crippen LogP contribution in [0.1, 0.15) is 22.3 Å². The summed E-state index contributed by atoms with van der Waals surface area (Å²) in [6.07, 6.45) is 0.747. The van der Waals surface area contributed by atoms with Gasteiger partial charge in [0.25, 0.3) is 0 Å². The van der Waals surface area contributed by atoms with Crippen molar-refractivity contribution >= 4 is 11.7 Å². The summed E-state index contributed by atoms with van der Waals surface area (Å²) >= 11 is 0. The number of anilines is 1. The summed E-state index contributed by atoms with van der Waals surface area (Å²) in [4.78, 5) is 11.4. The van der Waals surface area contributed by atoms with E-state index in [1.54, 1.807) is 24.3 Å². The van der Waals surface area contributed by atoms with E-state index in [0.717, 1.165) is 23.4 Å². The number of nitrogens with one attached hydrogen (secondary N) is 2. The van der Waals surface area contributed by atoms with E-state index >= 15 is 0 Å². The molecule has 0 aliphatic rings. The first-order valence-electron chi connectivity index (χ1n) is 9.81. The van der Waals surface area contributed by atoms with Gasteiger partial charge >= 0.3 is 5.97 Å². The Balaban J connectivity index is 1.35. The van der Waals surface area contributed by atoms with Crippen molar-refractivity contribution in [1.29, 1.82) is 0 Å². The molecule has 2 N–H and O–H groups in total. The molecule has 0 fully saturated rings. The monoisotopic (exact) mass is 406 g/mol. The summed E-state index contributed by atoms with van der Waals surface area (Å²) in [6.45, 7) is 1.76. The lowest BCUT2D eigenvalue weighted by molar-refractivity contribution is 0.0600. The number of methoxy groups -OCH3 is 1. The predicted molar refractivity (Wildman–Crippen MR) is 117 cm³/mol. The fourth-order valence-corrected chi connectivity index (χ4v) is 2.76. The molecule has 0 bridgehead atoms. The van der Waals surface area contributed by atoms with Crippen molar-refractivity contribution in [3.63, 3.8) is 0 Å².